The van der Waals surface area contributed by atoms with Gasteiger partial charge in [-0.2, -0.15) is 0 Å². The molecule has 0 amide bonds. The van der Waals surface area contributed by atoms with Gasteiger partial charge < -0.3 is 9.47 Å². The van der Waals surface area contributed by atoms with E-state index in [1.165, 1.54) is 0 Å². The van der Waals surface area contributed by atoms with Crippen molar-refractivity contribution in [1.29, 1.82) is 0 Å². The van der Waals surface area contributed by atoms with Gasteiger partial charge in [0.2, 0.25) is 0 Å². The first-order valence-electron chi connectivity index (χ1n) is 3.66. The zero-order chi connectivity index (χ0) is 8.10. The average molecular weight is 223 g/mol. The predicted molar refractivity (Wildman–Crippen MR) is 43.7 cm³/mol. The standard InChI is InChI=1S/C7H11BrO3/c8-5-7(9)11-6-1-3-10-4-2-6/h6H,1-5H2. The molecule has 1 aliphatic heterocycles. The van der Waals surface area contributed by atoms with E-state index in [-0.39, 0.29) is 17.4 Å². The molecule has 0 bridgehead atoms. The van der Waals surface area contributed by atoms with Crippen LogP contribution in [0.3, 0.4) is 0 Å². The number of rotatable bonds is 2. The summed E-state index contributed by atoms with van der Waals surface area (Å²) in [6, 6.07) is 0. The summed E-state index contributed by atoms with van der Waals surface area (Å²) in [5, 5.41) is 0.282. The van der Waals surface area contributed by atoms with Gasteiger partial charge in [-0.05, 0) is 0 Å². The summed E-state index contributed by atoms with van der Waals surface area (Å²) in [6.07, 6.45) is 1.74. The minimum Gasteiger partial charge on any atom is -0.462 e. The van der Waals surface area contributed by atoms with E-state index >= 15 is 0 Å². The summed E-state index contributed by atoms with van der Waals surface area (Å²) in [4.78, 5) is 10.8. The van der Waals surface area contributed by atoms with E-state index in [0.29, 0.717) is 13.2 Å². The van der Waals surface area contributed by atoms with Gasteiger partial charge in [-0.15, -0.1) is 0 Å². The lowest BCUT2D eigenvalue weighted by atomic mass is 10.2. The van der Waals surface area contributed by atoms with Crippen LogP contribution in [0.4, 0.5) is 0 Å². The van der Waals surface area contributed by atoms with Gasteiger partial charge in [-0.1, -0.05) is 15.9 Å². The zero-order valence-electron chi connectivity index (χ0n) is 6.22. The molecule has 1 aliphatic rings. The molecule has 0 aromatic rings. The number of halogens is 1. The van der Waals surface area contributed by atoms with Gasteiger partial charge in [0.25, 0.3) is 0 Å². The summed E-state index contributed by atoms with van der Waals surface area (Å²) >= 11 is 3.04. The molecule has 0 unspecified atom stereocenters. The van der Waals surface area contributed by atoms with Crippen molar-refractivity contribution in [3.05, 3.63) is 0 Å². The third kappa shape index (κ3) is 3.20. The normalized spacial score (nSPS) is 19.7. The molecular weight excluding hydrogens is 212 g/mol. The molecule has 1 heterocycles. The summed E-state index contributed by atoms with van der Waals surface area (Å²) in [6.45, 7) is 1.42. The zero-order valence-corrected chi connectivity index (χ0v) is 7.80. The molecule has 0 aromatic carbocycles. The van der Waals surface area contributed by atoms with Crippen LogP contribution >= 0.6 is 15.9 Å². The van der Waals surface area contributed by atoms with Crippen LogP contribution in [-0.4, -0.2) is 30.6 Å². The van der Waals surface area contributed by atoms with Gasteiger partial charge >= 0.3 is 5.97 Å². The average Bonchev–Trinajstić information content (AvgIpc) is 2.06. The topological polar surface area (TPSA) is 35.5 Å². The Balaban J connectivity index is 2.19. The molecule has 0 radical (unpaired) electrons. The SMILES string of the molecule is O=C(CBr)OC1CCOCC1. The van der Waals surface area contributed by atoms with E-state index < -0.39 is 0 Å². The van der Waals surface area contributed by atoms with Gasteiger partial charge in [0.1, 0.15) is 11.4 Å². The first kappa shape index (κ1) is 9.00. The molecule has 0 N–H and O–H groups in total. The molecule has 0 aliphatic carbocycles. The van der Waals surface area contributed by atoms with E-state index in [2.05, 4.69) is 15.9 Å². The summed E-state index contributed by atoms with van der Waals surface area (Å²) < 4.78 is 10.2. The van der Waals surface area contributed by atoms with Gasteiger partial charge in [0.15, 0.2) is 0 Å². The van der Waals surface area contributed by atoms with Crippen LogP contribution in [0.1, 0.15) is 12.8 Å². The number of hydrogen-bond donors (Lipinski definition) is 0. The van der Waals surface area contributed by atoms with Crippen molar-refractivity contribution in [2.24, 2.45) is 0 Å². The summed E-state index contributed by atoms with van der Waals surface area (Å²) in [5.74, 6) is -0.183. The van der Waals surface area contributed by atoms with Gasteiger partial charge in [-0.25, -0.2) is 0 Å². The summed E-state index contributed by atoms with van der Waals surface area (Å²) in [5.41, 5.74) is 0. The second kappa shape index (κ2) is 4.72. The monoisotopic (exact) mass is 222 g/mol. The Morgan fingerprint density at radius 1 is 1.55 bits per heavy atom. The van der Waals surface area contributed by atoms with Crippen molar-refractivity contribution in [1.82, 2.24) is 0 Å². The minimum atomic E-state index is -0.183. The third-order valence-corrected chi connectivity index (χ3v) is 2.03. The highest BCUT2D eigenvalue weighted by molar-refractivity contribution is 9.09. The second-order valence-corrected chi connectivity index (χ2v) is 3.00. The van der Waals surface area contributed by atoms with Crippen molar-refractivity contribution in [3.8, 4) is 0 Å². The van der Waals surface area contributed by atoms with E-state index in [1.54, 1.807) is 0 Å². The van der Waals surface area contributed by atoms with E-state index in [0.717, 1.165) is 12.8 Å². The van der Waals surface area contributed by atoms with Crippen LogP contribution in [0.2, 0.25) is 0 Å². The molecule has 64 valence electrons. The fourth-order valence-corrected chi connectivity index (χ4v) is 1.14. The Kier molecular flexibility index (Phi) is 3.86. The largest absolute Gasteiger partial charge is 0.462 e. The van der Waals surface area contributed by atoms with Crippen molar-refractivity contribution in [2.45, 2.75) is 18.9 Å². The van der Waals surface area contributed by atoms with Crippen molar-refractivity contribution < 1.29 is 14.3 Å². The molecule has 11 heavy (non-hydrogen) atoms. The molecule has 4 heteroatoms. The van der Waals surface area contributed by atoms with Crippen LogP contribution in [0, 0.1) is 0 Å². The molecule has 0 spiro atoms. The Bertz CT molecular complexity index is 132. The lowest BCUT2D eigenvalue weighted by molar-refractivity contribution is -0.149. The maximum Gasteiger partial charge on any atom is 0.316 e. The van der Waals surface area contributed by atoms with E-state index in [4.69, 9.17) is 9.47 Å². The van der Waals surface area contributed by atoms with Crippen LogP contribution in [-0.2, 0) is 14.3 Å². The van der Waals surface area contributed by atoms with Crippen LogP contribution < -0.4 is 0 Å². The molecule has 1 fully saturated rings. The van der Waals surface area contributed by atoms with Crippen LogP contribution in [0.25, 0.3) is 0 Å². The predicted octanol–water partition coefficient (Wildman–Crippen LogP) is 1.10. The fourth-order valence-electron chi connectivity index (χ4n) is 1.01. The highest BCUT2D eigenvalue weighted by Gasteiger charge is 2.16. The maximum atomic E-state index is 10.8. The second-order valence-electron chi connectivity index (χ2n) is 2.44. The van der Waals surface area contributed by atoms with Gasteiger partial charge in [0.05, 0.1) is 13.2 Å². The number of esters is 1. The lowest BCUT2D eigenvalue weighted by Gasteiger charge is -2.21. The van der Waals surface area contributed by atoms with Crippen molar-refractivity contribution in [3.63, 3.8) is 0 Å². The Morgan fingerprint density at radius 3 is 2.73 bits per heavy atom. The van der Waals surface area contributed by atoms with Crippen LogP contribution in [0.15, 0.2) is 0 Å². The Labute approximate surface area is 74.2 Å². The molecule has 0 saturated carbocycles. The van der Waals surface area contributed by atoms with Crippen molar-refractivity contribution >= 4 is 21.9 Å². The summed E-state index contributed by atoms with van der Waals surface area (Å²) in [7, 11) is 0. The van der Waals surface area contributed by atoms with Gasteiger partial charge in [-0.3, -0.25) is 4.79 Å². The number of carbonyl (C=O) groups excluding carboxylic acids is 1. The van der Waals surface area contributed by atoms with Gasteiger partial charge in [0, 0.05) is 12.8 Å². The smallest absolute Gasteiger partial charge is 0.316 e. The van der Waals surface area contributed by atoms with E-state index in [1.807, 2.05) is 0 Å². The molecule has 1 saturated heterocycles. The molecule has 3 nitrogen and oxygen atoms in total. The van der Waals surface area contributed by atoms with E-state index in [9.17, 15) is 4.79 Å². The Hall–Kier alpha value is -0.0900. The number of hydrogen-bond acceptors (Lipinski definition) is 3. The first-order valence-corrected chi connectivity index (χ1v) is 4.78. The van der Waals surface area contributed by atoms with Crippen molar-refractivity contribution in [2.75, 3.05) is 18.5 Å². The highest BCUT2D eigenvalue weighted by Crippen LogP contribution is 2.10. The molecule has 0 atom stereocenters. The number of ether oxygens (including phenoxy) is 2. The molecular formula is C7H11BrO3. The lowest BCUT2D eigenvalue weighted by Crippen LogP contribution is -2.26. The first-order chi connectivity index (χ1) is 5.33. The molecule has 0 aromatic heterocycles. The Morgan fingerprint density at radius 2 is 2.18 bits per heavy atom. The molecule has 1 rings (SSSR count). The van der Waals surface area contributed by atoms with Crippen LogP contribution in [0.5, 0.6) is 0 Å². The highest BCUT2D eigenvalue weighted by atomic mass is 79.9. The number of alkyl halides is 1. The minimum absolute atomic E-state index is 0.0776. The number of carbonyl (C=O) groups is 1. The maximum absolute atomic E-state index is 10.8. The third-order valence-electron chi connectivity index (χ3n) is 1.58. The quantitative estimate of drug-likeness (QED) is 0.519. The fraction of sp³-hybridized carbons (Fsp3) is 0.857.